The summed E-state index contributed by atoms with van der Waals surface area (Å²) in [5.74, 6) is -0.392. The SMILES string of the molecule is N#CC(=CC=Cc1ccccc1[N+](=O)[O-])C(=O)NC1CCCCC1. The van der Waals surface area contributed by atoms with E-state index in [0.29, 0.717) is 5.56 Å². The summed E-state index contributed by atoms with van der Waals surface area (Å²) in [6, 6.07) is 8.30. The van der Waals surface area contributed by atoms with E-state index in [-0.39, 0.29) is 17.3 Å². The number of carbonyl (C=O) groups is 1. The molecule has 1 saturated carbocycles. The lowest BCUT2D eigenvalue weighted by atomic mass is 9.95. The molecule has 2 rings (SSSR count). The molecule has 1 aromatic rings. The normalized spacial score (nSPS) is 15.9. The lowest BCUT2D eigenvalue weighted by Gasteiger charge is -2.22. The van der Waals surface area contributed by atoms with E-state index in [1.54, 1.807) is 18.2 Å². The number of carbonyl (C=O) groups excluding carboxylic acids is 1. The number of rotatable bonds is 5. The van der Waals surface area contributed by atoms with Gasteiger partial charge in [0.25, 0.3) is 11.6 Å². The van der Waals surface area contributed by atoms with Crippen molar-refractivity contribution in [2.45, 2.75) is 38.1 Å². The molecule has 0 heterocycles. The molecule has 1 amide bonds. The van der Waals surface area contributed by atoms with Gasteiger partial charge in [0, 0.05) is 12.1 Å². The van der Waals surface area contributed by atoms with Crippen LogP contribution in [0.2, 0.25) is 0 Å². The molecule has 1 N–H and O–H groups in total. The van der Waals surface area contributed by atoms with Crippen molar-refractivity contribution in [2.75, 3.05) is 0 Å². The second-order valence-corrected chi connectivity index (χ2v) is 5.68. The van der Waals surface area contributed by atoms with Crippen LogP contribution in [-0.4, -0.2) is 16.9 Å². The molecule has 6 heteroatoms. The molecular formula is C18H19N3O3. The van der Waals surface area contributed by atoms with Crippen molar-refractivity contribution >= 4 is 17.7 Å². The number of nitriles is 1. The highest BCUT2D eigenvalue weighted by Gasteiger charge is 2.17. The molecule has 0 saturated heterocycles. The molecule has 1 aromatic carbocycles. The number of nitrogens with zero attached hydrogens (tertiary/aromatic N) is 2. The Labute approximate surface area is 140 Å². The lowest BCUT2D eigenvalue weighted by Crippen LogP contribution is -2.36. The summed E-state index contributed by atoms with van der Waals surface area (Å²) in [7, 11) is 0. The number of hydrogen-bond donors (Lipinski definition) is 1. The van der Waals surface area contributed by atoms with Crippen LogP contribution in [0, 0.1) is 21.4 Å². The average Bonchev–Trinajstić information content (AvgIpc) is 2.59. The van der Waals surface area contributed by atoms with E-state index in [2.05, 4.69) is 5.32 Å². The summed E-state index contributed by atoms with van der Waals surface area (Å²) in [6.07, 6.45) is 9.64. The van der Waals surface area contributed by atoms with Crippen LogP contribution < -0.4 is 5.32 Å². The number of para-hydroxylation sites is 1. The van der Waals surface area contributed by atoms with Crippen LogP contribution in [0.5, 0.6) is 0 Å². The van der Waals surface area contributed by atoms with Gasteiger partial charge in [0.1, 0.15) is 11.6 Å². The number of nitrogens with one attached hydrogen (secondary N) is 1. The van der Waals surface area contributed by atoms with Crippen molar-refractivity contribution in [3.05, 3.63) is 57.7 Å². The van der Waals surface area contributed by atoms with E-state index in [0.717, 1.165) is 25.7 Å². The molecule has 1 fully saturated rings. The van der Waals surface area contributed by atoms with Crippen molar-refractivity contribution in [1.29, 1.82) is 5.26 Å². The second kappa shape index (κ2) is 8.63. The zero-order valence-electron chi connectivity index (χ0n) is 13.3. The first-order chi connectivity index (χ1) is 11.6. The van der Waals surface area contributed by atoms with Gasteiger partial charge >= 0.3 is 0 Å². The van der Waals surface area contributed by atoms with Crippen molar-refractivity contribution in [1.82, 2.24) is 5.32 Å². The van der Waals surface area contributed by atoms with Gasteiger partial charge in [-0.2, -0.15) is 5.26 Å². The number of benzene rings is 1. The molecular weight excluding hydrogens is 306 g/mol. The fourth-order valence-electron chi connectivity index (χ4n) is 2.72. The number of amides is 1. The monoisotopic (exact) mass is 325 g/mol. The van der Waals surface area contributed by atoms with E-state index >= 15 is 0 Å². The van der Waals surface area contributed by atoms with E-state index < -0.39 is 10.8 Å². The Bertz CT molecular complexity index is 710. The largest absolute Gasteiger partial charge is 0.349 e. The molecule has 0 spiro atoms. The smallest absolute Gasteiger partial charge is 0.276 e. The average molecular weight is 325 g/mol. The highest BCUT2D eigenvalue weighted by molar-refractivity contribution is 5.97. The first-order valence-electron chi connectivity index (χ1n) is 7.94. The van der Waals surface area contributed by atoms with E-state index in [1.807, 2.05) is 6.07 Å². The zero-order chi connectivity index (χ0) is 17.4. The van der Waals surface area contributed by atoms with Crippen LogP contribution in [0.15, 0.2) is 42.0 Å². The van der Waals surface area contributed by atoms with E-state index in [4.69, 9.17) is 5.26 Å². The highest BCUT2D eigenvalue weighted by atomic mass is 16.6. The Kier molecular flexibility index (Phi) is 6.26. The topological polar surface area (TPSA) is 96.0 Å². The Morgan fingerprint density at radius 2 is 2.00 bits per heavy atom. The predicted molar refractivity (Wildman–Crippen MR) is 90.8 cm³/mol. The van der Waals surface area contributed by atoms with Crippen molar-refractivity contribution in [2.24, 2.45) is 0 Å². The Morgan fingerprint density at radius 1 is 1.29 bits per heavy atom. The van der Waals surface area contributed by atoms with Gasteiger partial charge in [0.2, 0.25) is 0 Å². The highest BCUT2D eigenvalue weighted by Crippen LogP contribution is 2.19. The number of allylic oxidation sites excluding steroid dienone is 2. The van der Waals surface area contributed by atoms with Gasteiger partial charge in [-0.1, -0.05) is 37.5 Å². The van der Waals surface area contributed by atoms with Gasteiger partial charge in [0.05, 0.1) is 10.5 Å². The van der Waals surface area contributed by atoms with Crippen LogP contribution in [0.4, 0.5) is 5.69 Å². The van der Waals surface area contributed by atoms with E-state index in [9.17, 15) is 14.9 Å². The quantitative estimate of drug-likeness (QED) is 0.294. The molecule has 6 nitrogen and oxygen atoms in total. The molecule has 0 aliphatic heterocycles. The van der Waals surface area contributed by atoms with Crippen molar-refractivity contribution < 1.29 is 9.72 Å². The fraction of sp³-hybridized carbons (Fsp3) is 0.333. The molecule has 0 bridgehead atoms. The standard InChI is InChI=1S/C18H19N3O3/c19-13-15(18(22)20-16-10-2-1-3-11-16)9-6-8-14-7-4-5-12-17(14)21(23)24/h4-9,12,16H,1-3,10-11H2,(H,20,22). The molecule has 0 atom stereocenters. The van der Waals surface area contributed by atoms with Crippen LogP contribution in [0.25, 0.3) is 6.08 Å². The number of nitro groups is 1. The Balaban J connectivity index is 2.06. The molecule has 0 aromatic heterocycles. The molecule has 24 heavy (non-hydrogen) atoms. The van der Waals surface area contributed by atoms with Crippen molar-refractivity contribution in [3.8, 4) is 6.07 Å². The first-order valence-corrected chi connectivity index (χ1v) is 7.94. The molecule has 1 aliphatic carbocycles. The zero-order valence-corrected chi connectivity index (χ0v) is 13.3. The fourth-order valence-corrected chi connectivity index (χ4v) is 2.72. The molecule has 0 radical (unpaired) electrons. The summed E-state index contributed by atoms with van der Waals surface area (Å²) in [5, 5.41) is 23.0. The first kappa shape index (κ1) is 17.4. The van der Waals surface area contributed by atoms with Gasteiger partial charge < -0.3 is 5.32 Å². The molecule has 1 aliphatic rings. The summed E-state index contributed by atoms with van der Waals surface area (Å²) < 4.78 is 0. The Morgan fingerprint density at radius 3 is 2.67 bits per heavy atom. The third kappa shape index (κ3) is 4.78. The third-order valence-corrected chi connectivity index (χ3v) is 3.98. The minimum Gasteiger partial charge on any atom is -0.349 e. The molecule has 124 valence electrons. The third-order valence-electron chi connectivity index (χ3n) is 3.98. The Hall–Kier alpha value is -2.94. The summed E-state index contributed by atoms with van der Waals surface area (Å²) in [5.41, 5.74) is 0.395. The van der Waals surface area contributed by atoms with Gasteiger partial charge in [-0.15, -0.1) is 0 Å². The lowest BCUT2D eigenvalue weighted by molar-refractivity contribution is -0.385. The maximum atomic E-state index is 12.1. The van der Waals surface area contributed by atoms with Gasteiger partial charge in [-0.05, 0) is 31.1 Å². The van der Waals surface area contributed by atoms with Crippen LogP contribution in [-0.2, 0) is 4.79 Å². The second-order valence-electron chi connectivity index (χ2n) is 5.68. The van der Waals surface area contributed by atoms with Gasteiger partial charge in [-0.25, -0.2) is 0 Å². The summed E-state index contributed by atoms with van der Waals surface area (Å²) in [6.45, 7) is 0. The minimum atomic E-state index is -0.468. The van der Waals surface area contributed by atoms with Gasteiger partial charge in [0.15, 0.2) is 0 Å². The summed E-state index contributed by atoms with van der Waals surface area (Å²) in [4.78, 5) is 22.6. The maximum absolute atomic E-state index is 12.1. The van der Waals surface area contributed by atoms with Crippen LogP contribution in [0.3, 0.4) is 0 Å². The minimum absolute atomic E-state index is 0.00425. The molecule has 0 unspecified atom stereocenters. The maximum Gasteiger partial charge on any atom is 0.276 e. The van der Waals surface area contributed by atoms with Crippen molar-refractivity contribution in [3.63, 3.8) is 0 Å². The van der Waals surface area contributed by atoms with Gasteiger partial charge in [-0.3, -0.25) is 14.9 Å². The van der Waals surface area contributed by atoms with E-state index in [1.165, 1.54) is 30.7 Å². The number of hydrogen-bond acceptors (Lipinski definition) is 4. The van der Waals surface area contributed by atoms with Crippen LogP contribution >= 0.6 is 0 Å². The predicted octanol–water partition coefficient (Wildman–Crippen LogP) is 3.51. The summed E-state index contributed by atoms with van der Waals surface area (Å²) >= 11 is 0. The number of nitro benzene ring substituents is 1. The van der Waals surface area contributed by atoms with Crippen LogP contribution in [0.1, 0.15) is 37.7 Å².